The monoisotopic (exact) mass is 423 g/mol. The minimum absolute atomic E-state index is 0.142. The second-order valence-corrected chi connectivity index (χ2v) is 7.50. The minimum Gasteiger partial charge on any atom is -0.394 e. The molecule has 11 nitrogen and oxygen atoms in total. The largest absolute Gasteiger partial charge is 0.394 e. The van der Waals surface area contributed by atoms with Gasteiger partial charge in [0.05, 0.1) is 12.9 Å². The van der Waals surface area contributed by atoms with Crippen LogP contribution in [0.5, 0.6) is 0 Å². The fourth-order valence-corrected chi connectivity index (χ4v) is 3.75. The SMILES string of the molecule is Cc1ccc(-c2c[nH]nc2-c2nc(N)c3ncn(C4OC(CO)C(O)C4O)c3n2)cc1. The highest BCUT2D eigenvalue weighted by Gasteiger charge is 2.44. The topological polar surface area (TPSA) is 168 Å². The van der Waals surface area contributed by atoms with Crippen molar-refractivity contribution in [3.63, 3.8) is 0 Å². The quantitative estimate of drug-likeness (QED) is 0.312. The lowest BCUT2D eigenvalue weighted by Crippen LogP contribution is -2.33. The number of nitrogens with zero attached hydrogens (tertiary/aromatic N) is 5. The molecule has 6 N–H and O–H groups in total. The van der Waals surface area contributed by atoms with Crippen LogP contribution in [0.4, 0.5) is 5.82 Å². The van der Waals surface area contributed by atoms with Crippen LogP contribution in [0.15, 0.2) is 36.8 Å². The summed E-state index contributed by atoms with van der Waals surface area (Å²) in [6, 6.07) is 7.96. The zero-order valence-corrected chi connectivity index (χ0v) is 16.5. The normalized spacial score (nSPS) is 23.6. The van der Waals surface area contributed by atoms with E-state index in [2.05, 4.69) is 25.1 Å². The van der Waals surface area contributed by atoms with Crippen molar-refractivity contribution in [1.29, 1.82) is 0 Å². The van der Waals surface area contributed by atoms with Gasteiger partial charge in [0.1, 0.15) is 29.5 Å². The molecule has 160 valence electrons. The molecule has 4 heterocycles. The molecule has 1 aromatic carbocycles. The Balaban J connectivity index is 1.61. The number of aliphatic hydroxyl groups excluding tert-OH is 3. The summed E-state index contributed by atoms with van der Waals surface area (Å²) in [6.07, 6.45) is -1.27. The number of imidazole rings is 1. The van der Waals surface area contributed by atoms with Crippen LogP contribution in [-0.4, -0.2) is 70.0 Å². The summed E-state index contributed by atoms with van der Waals surface area (Å²) in [5, 5.41) is 37.0. The van der Waals surface area contributed by atoms with E-state index in [1.54, 1.807) is 6.20 Å². The smallest absolute Gasteiger partial charge is 0.184 e. The first kappa shape index (κ1) is 19.6. The lowest BCUT2D eigenvalue weighted by molar-refractivity contribution is -0.0511. The number of fused-ring (bicyclic) bond motifs is 1. The van der Waals surface area contributed by atoms with Crippen molar-refractivity contribution in [1.82, 2.24) is 29.7 Å². The van der Waals surface area contributed by atoms with E-state index in [1.165, 1.54) is 10.9 Å². The molecule has 5 rings (SSSR count). The standard InChI is InChI=1S/C20H21N7O4/c1-9-2-4-10(5-3-9)11-6-23-26-13(11)18-24-17(21)14-19(25-18)27(8-22-14)20-16(30)15(29)12(7-28)31-20/h2-6,8,12,15-16,20,28-30H,7H2,1H3,(H,23,26)(H2,21,24,25). The Bertz CT molecular complexity index is 1240. The first-order valence-corrected chi connectivity index (χ1v) is 9.71. The van der Waals surface area contributed by atoms with Crippen LogP contribution < -0.4 is 5.73 Å². The molecule has 0 spiro atoms. The Hall–Kier alpha value is -3.38. The molecule has 4 atom stereocenters. The summed E-state index contributed by atoms with van der Waals surface area (Å²) < 4.78 is 7.08. The number of nitrogens with two attached hydrogens (primary N) is 1. The Morgan fingerprint density at radius 1 is 1.16 bits per heavy atom. The van der Waals surface area contributed by atoms with Crippen molar-refractivity contribution >= 4 is 17.0 Å². The number of nitrogens with one attached hydrogen (secondary N) is 1. The van der Waals surface area contributed by atoms with Gasteiger partial charge >= 0.3 is 0 Å². The number of nitrogen functional groups attached to an aromatic ring is 1. The summed E-state index contributed by atoms with van der Waals surface area (Å²) in [5.41, 5.74) is 10.2. The van der Waals surface area contributed by atoms with Gasteiger partial charge in [0.25, 0.3) is 0 Å². The third-order valence-corrected chi connectivity index (χ3v) is 5.45. The Kier molecular flexibility index (Phi) is 4.67. The van der Waals surface area contributed by atoms with Crippen molar-refractivity contribution in [2.75, 3.05) is 12.3 Å². The van der Waals surface area contributed by atoms with E-state index in [9.17, 15) is 15.3 Å². The zero-order valence-electron chi connectivity index (χ0n) is 16.5. The molecule has 0 bridgehead atoms. The number of benzene rings is 1. The van der Waals surface area contributed by atoms with Crippen molar-refractivity contribution in [2.24, 2.45) is 0 Å². The van der Waals surface area contributed by atoms with Gasteiger partial charge in [0.2, 0.25) is 0 Å². The van der Waals surface area contributed by atoms with Crippen LogP contribution in [0.1, 0.15) is 11.8 Å². The third-order valence-electron chi connectivity index (χ3n) is 5.45. The summed E-state index contributed by atoms with van der Waals surface area (Å²) in [5.74, 6) is 0.415. The van der Waals surface area contributed by atoms with E-state index in [4.69, 9.17) is 10.5 Å². The molecule has 0 saturated carbocycles. The lowest BCUT2D eigenvalue weighted by Gasteiger charge is -2.16. The van der Waals surface area contributed by atoms with Crippen LogP contribution in [0, 0.1) is 6.92 Å². The maximum Gasteiger partial charge on any atom is 0.184 e. The molecular formula is C20H21N7O4. The van der Waals surface area contributed by atoms with E-state index in [0.29, 0.717) is 16.9 Å². The molecule has 4 aromatic rings. The summed E-state index contributed by atoms with van der Waals surface area (Å²) in [4.78, 5) is 13.2. The zero-order chi connectivity index (χ0) is 21.7. The average molecular weight is 423 g/mol. The molecule has 31 heavy (non-hydrogen) atoms. The molecule has 4 unspecified atom stereocenters. The third kappa shape index (κ3) is 3.15. The molecule has 1 fully saturated rings. The van der Waals surface area contributed by atoms with Gasteiger partial charge < -0.3 is 25.8 Å². The number of H-pyrrole nitrogens is 1. The van der Waals surface area contributed by atoms with Crippen molar-refractivity contribution in [3.05, 3.63) is 42.4 Å². The van der Waals surface area contributed by atoms with Crippen LogP contribution in [0.25, 0.3) is 33.8 Å². The Morgan fingerprint density at radius 2 is 1.94 bits per heavy atom. The minimum atomic E-state index is -1.28. The second kappa shape index (κ2) is 7.39. The molecule has 1 saturated heterocycles. The molecule has 0 amide bonds. The molecule has 11 heteroatoms. The predicted molar refractivity (Wildman–Crippen MR) is 110 cm³/mol. The highest BCUT2D eigenvalue weighted by molar-refractivity contribution is 5.86. The van der Waals surface area contributed by atoms with E-state index in [-0.39, 0.29) is 11.6 Å². The maximum atomic E-state index is 10.4. The molecule has 3 aromatic heterocycles. The molecule has 0 aliphatic carbocycles. The number of aryl methyl sites for hydroxylation is 1. The van der Waals surface area contributed by atoms with Gasteiger partial charge in [0.15, 0.2) is 23.5 Å². The predicted octanol–water partition coefficient (Wildman–Crippen LogP) is 0.386. The van der Waals surface area contributed by atoms with Gasteiger partial charge in [-0.2, -0.15) is 5.10 Å². The fraction of sp³-hybridized carbons (Fsp3) is 0.300. The van der Waals surface area contributed by atoms with Gasteiger partial charge in [-0.05, 0) is 12.5 Å². The van der Waals surface area contributed by atoms with Gasteiger partial charge in [-0.25, -0.2) is 15.0 Å². The van der Waals surface area contributed by atoms with Gasteiger partial charge in [-0.1, -0.05) is 29.8 Å². The van der Waals surface area contributed by atoms with Crippen molar-refractivity contribution in [2.45, 2.75) is 31.5 Å². The number of rotatable bonds is 4. The Morgan fingerprint density at radius 3 is 2.65 bits per heavy atom. The summed E-state index contributed by atoms with van der Waals surface area (Å²) in [6.45, 7) is 1.58. The highest BCUT2D eigenvalue weighted by atomic mass is 16.6. The van der Waals surface area contributed by atoms with E-state index in [1.807, 2.05) is 31.2 Å². The highest BCUT2D eigenvalue weighted by Crippen LogP contribution is 2.34. The van der Waals surface area contributed by atoms with E-state index in [0.717, 1.165) is 16.7 Å². The van der Waals surface area contributed by atoms with Crippen LogP contribution in [0.3, 0.4) is 0 Å². The lowest BCUT2D eigenvalue weighted by atomic mass is 10.0. The van der Waals surface area contributed by atoms with Crippen molar-refractivity contribution in [3.8, 4) is 22.6 Å². The number of hydrogen-bond donors (Lipinski definition) is 5. The number of ether oxygens (including phenoxy) is 1. The van der Waals surface area contributed by atoms with Gasteiger partial charge in [-0.3, -0.25) is 9.67 Å². The molecule has 1 aliphatic heterocycles. The molecule has 1 aliphatic rings. The average Bonchev–Trinajstić information content (AvgIpc) is 3.47. The number of aromatic nitrogens is 6. The van der Waals surface area contributed by atoms with Crippen LogP contribution >= 0.6 is 0 Å². The number of aromatic amines is 1. The van der Waals surface area contributed by atoms with Gasteiger partial charge in [0, 0.05) is 11.8 Å². The second-order valence-electron chi connectivity index (χ2n) is 7.50. The number of aliphatic hydroxyl groups is 3. The maximum absolute atomic E-state index is 10.4. The van der Waals surface area contributed by atoms with E-state index >= 15 is 0 Å². The molecule has 0 radical (unpaired) electrons. The van der Waals surface area contributed by atoms with Crippen LogP contribution in [-0.2, 0) is 4.74 Å². The van der Waals surface area contributed by atoms with Gasteiger partial charge in [-0.15, -0.1) is 0 Å². The first-order valence-electron chi connectivity index (χ1n) is 9.71. The summed E-state index contributed by atoms with van der Waals surface area (Å²) >= 11 is 0. The van der Waals surface area contributed by atoms with E-state index < -0.39 is 31.1 Å². The Labute approximate surface area is 176 Å². The first-order chi connectivity index (χ1) is 15.0. The number of anilines is 1. The van der Waals surface area contributed by atoms with Crippen molar-refractivity contribution < 1.29 is 20.1 Å². The fourth-order valence-electron chi connectivity index (χ4n) is 3.75. The van der Waals surface area contributed by atoms with Crippen LogP contribution in [0.2, 0.25) is 0 Å². The molecular weight excluding hydrogens is 402 g/mol. The summed E-state index contributed by atoms with van der Waals surface area (Å²) in [7, 11) is 0. The number of hydrogen-bond acceptors (Lipinski definition) is 9.